The van der Waals surface area contributed by atoms with Crippen molar-refractivity contribution in [1.29, 1.82) is 0 Å². The molecule has 32 heavy (non-hydrogen) atoms. The SMILES string of the molecule is O=c1[nH]c2ccc(-c3c(Cc4ccccc4)nc4c(N5CCOCC5)nccn34)cc2[nH]1. The van der Waals surface area contributed by atoms with E-state index in [1.54, 1.807) is 0 Å². The molecule has 8 nitrogen and oxygen atoms in total. The van der Waals surface area contributed by atoms with Gasteiger partial charge in [0.1, 0.15) is 0 Å². The molecule has 8 heteroatoms. The lowest BCUT2D eigenvalue weighted by Gasteiger charge is -2.27. The molecule has 5 aromatic rings. The summed E-state index contributed by atoms with van der Waals surface area (Å²) in [5.74, 6) is 0.868. The van der Waals surface area contributed by atoms with Crippen LogP contribution in [0.2, 0.25) is 0 Å². The highest BCUT2D eigenvalue weighted by atomic mass is 16.5. The van der Waals surface area contributed by atoms with Gasteiger partial charge in [0, 0.05) is 37.5 Å². The van der Waals surface area contributed by atoms with Crippen LogP contribution in [0.25, 0.3) is 27.9 Å². The first-order chi connectivity index (χ1) is 15.8. The van der Waals surface area contributed by atoms with Crippen LogP contribution in [-0.4, -0.2) is 50.6 Å². The van der Waals surface area contributed by atoms with Crippen LogP contribution in [0.15, 0.2) is 65.7 Å². The molecule has 1 aliphatic heterocycles. The second kappa shape index (κ2) is 7.65. The predicted molar refractivity (Wildman–Crippen MR) is 123 cm³/mol. The summed E-state index contributed by atoms with van der Waals surface area (Å²) in [5.41, 5.74) is 6.33. The molecule has 3 aromatic heterocycles. The highest BCUT2D eigenvalue weighted by Crippen LogP contribution is 2.31. The van der Waals surface area contributed by atoms with Crippen LogP contribution in [0.4, 0.5) is 5.82 Å². The Bertz CT molecular complexity index is 1460. The topological polar surface area (TPSA) is 91.3 Å². The smallest absolute Gasteiger partial charge is 0.323 e. The lowest BCUT2D eigenvalue weighted by Crippen LogP contribution is -2.37. The largest absolute Gasteiger partial charge is 0.378 e. The number of imidazole rings is 2. The van der Waals surface area contributed by atoms with Crippen molar-refractivity contribution in [3.63, 3.8) is 0 Å². The fraction of sp³-hybridized carbons (Fsp3) is 0.208. The van der Waals surface area contributed by atoms with Crippen LogP contribution in [0, 0.1) is 0 Å². The molecule has 160 valence electrons. The van der Waals surface area contributed by atoms with E-state index in [-0.39, 0.29) is 5.69 Å². The predicted octanol–water partition coefficient (Wildman–Crippen LogP) is 2.99. The van der Waals surface area contributed by atoms with Crippen LogP contribution in [0.3, 0.4) is 0 Å². The Balaban J connectivity index is 1.56. The van der Waals surface area contributed by atoms with E-state index in [0.717, 1.165) is 52.5 Å². The summed E-state index contributed by atoms with van der Waals surface area (Å²) in [7, 11) is 0. The number of ether oxygens (including phenoxy) is 1. The summed E-state index contributed by atoms with van der Waals surface area (Å²) in [6.45, 7) is 2.95. The first-order valence-electron chi connectivity index (χ1n) is 10.7. The molecule has 1 fully saturated rings. The number of benzene rings is 2. The van der Waals surface area contributed by atoms with Gasteiger partial charge in [0.2, 0.25) is 0 Å². The molecule has 1 saturated heterocycles. The molecule has 2 N–H and O–H groups in total. The number of H-pyrrole nitrogens is 2. The Morgan fingerprint density at radius 3 is 2.66 bits per heavy atom. The lowest BCUT2D eigenvalue weighted by molar-refractivity contribution is 0.122. The molecule has 0 saturated carbocycles. The Morgan fingerprint density at radius 2 is 1.81 bits per heavy atom. The molecule has 0 radical (unpaired) electrons. The van der Waals surface area contributed by atoms with Crippen LogP contribution in [-0.2, 0) is 11.2 Å². The standard InChI is InChI=1S/C24H22N6O2/c31-24-27-18-7-6-17(15-19(18)28-24)21-20(14-16-4-2-1-3-5-16)26-23-22(25-8-9-30(21)23)29-10-12-32-13-11-29/h1-9,15H,10-14H2,(H2,27,28,31). The van der Waals surface area contributed by atoms with Gasteiger partial charge >= 0.3 is 5.69 Å². The minimum Gasteiger partial charge on any atom is -0.378 e. The van der Waals surface area contributed by atoms with Crippen molar-refractivity contribution >= 4 is 22.5 Å². The Labute approximate surface area is 183 Å². The van der Waals surface area contributed by atoms with Gasteiger partial charge in [0.25, 0.3) is 0 Å². The maximum atomic E-state index is 11.8. The summed E-state index contributed by atoms with van der Waals surface area (Å²) < 4.78 is 7.64. The van der Waals surface area contributed by atoms with Crippen molar-refractivity contribution < 1.29 is 4.74 Å². The average Bonchev–Trinajstić information content (AvgIpc) is 3.38. The summed E-state index contributed by atoms with van der Waals surface area (Å²) in [4.78, 5) is 29.4. The van der Waals surface area contributed by atoms with Gasteiger partial charge in [-0.15, -0.1) is 0 Å². The Kier molecular flexibility index (Phi) is 4.50. The lowest BCUT2D eigenvalue weighted by atomic mass is 10.0. The van der Waals surface area contributed by atoms with E-state index < -0.39 is 0 Å². The quantitative estimate of drug-likeness (QED) is 0.461. The summed E-state index contributed by atoms with van der Waals surface area (Å²) in [5, 5.41) is 0. The van der Waals surface area contributed by atoms with Crippen molar-refractivity contribution in [2.75, 3.05) is 31.2 Å². The number of rotatable bonds is 4. The first kappa shape index (κ1) is 18.8. The molecular formula is C24H22N6O2. The van der Waals surface area contributed by atoms with E-state index in [9.17, 15) is 4.79 Å². The third-order valence-corrected chi connectivity index (χ3v) is 5.91. The molecule has 0 atom stereocenters. The minimum absolute atomic E-state index is 0.210. The number of anilines is 1. The fourth-order valence-electron chi connectivity index (χ4n) is 4.41. The number of hydrogen-bond acceptors (Lipinski definition) is 5. The van der Waals surface area contributed by atoms with E-state index in [1.165, 1.54) is 5.56 Å². The average molecular weight is 426 g/mol. The van der Waals surface area contributed by atoms with Gasteiger partial charge in [0.15, 0.2) is 11.5 Å². The Hall–Kier alpha value is -3.91. The number of aromatic amines is 2. The number of nitrogens with one attached hydrogen (secondary N) is 2. The summed E-state index contributed by atoms with van der Waals surface area (Å²) in [6, 6.07) is 16.3. The van der Waals surface area contributed by atoms with Gasteiger partial charge in [-0.05, 0) is 17.7 Å². The van der Waals surface area contributed by atoms with Gasteiger partial charge in [-0.1, -0.05) is 36.4 Å². The van der Waals surface area contributed by atoms with Crippen LogP contribution in [0.1, 0.15) is 11.3 Å². The molecule has 0 spiro atoms. The van der Waals surface area contributed by atoms with Crippen molar-refractivity contribution in [2.24, 2.45) is 0 Å². The van der Waals surface area contributed by atoms with Crippen LogP contribution < -0.4 is 10.6 Å². The Morgan fingerprint density at radius 1 is 1.00 bits per heavy atom. The molecule has 0 bridgehead atoms. The molecular weight excluding hydrogens is 404 g/mol. The third kappa shape index (κ3) is 3.25. The molecule has 0 aliphatic carbocycles. The number of morpholine rings is 1. The molecule has 0 unspecified atom stereocenters. The maximum absolute atomic E-state index is 11.8. The monoisotopic (exact) mass is 426 g/mol. The molecule has 2 aromatic carbocycles. The molecule has 1 aliphatic rings. The zero-order chi connectivity index (χ0) is 21.5. The van der Waals surface area contributed by atoms with Crippen molar-refractivity contribution in [1.82, 2.24) is 24.3 Å². The van der Waals surface area contributed by atoms with Gasteiger partial charge in [-0.3, -0.25) is 4.40 Å². The van der Waals surface area contributed by atoms with E-state index in [0.29, 0.717) is 19.6 Å². The van der Waals surface area contributed by atoms with Crippen LogP contribution >= 0.6 is 0 Å². The minimum atomic E-state index is -0.210. The van der Waals surface area contributed by atoms with Crippen molar-refractivity contribution in [3.8, 4) is 11.3 Å². The van der Waals surface area contributed by atoms with Gasteiger partial charge < -0.3 is 19.6 Å². The zero-order valence-corrected chi connectivity index (χ0v) is 17.4. The number of hydrogen-bond donors (Lipinski definition) is 2. The molecule has 6 rings (SSSR count). The van der Waals surface area contributed by atoms with Gasteiger partial charge in [-0.2, -0.15) is 0 Å². The number of aromatic nitrogens is 5. The summed E-state index contributed by atoms with van der Waals surface area (Å²) >= 11 is 0. The number of fused-ring (bicyclic) bond motifs is 2. The maximum Gasteiger partial charge on any atom is 0.323 e. The van der Waals surface area contributed by atoms with E-state index >= 15 is 0 Å². The van der Waals surface area contributed by atoms with E-state index in [2.05, 4.69) is 36.4 Å². The molecule has 0 amide bonds. The molecule has 4 heterocycles. The first-order valence-corrected chi connectivity index (χ1v) is 10.7. The normalized spacial score (nSPS) is 14.4. The van der Waals surface area contributed by atoms with E-state index in [1.807, 2.05) is 48.8 Å². The van der Waals surface area contributed by atoms with Gasteiger partial charge in [-0.25, -0.2) is 14.8 Å². The fourth-order valence-corrected chi connectivity index (χ4v) is 4.41. The van der Waals surface area contributed by atoms with E-state index in [4.69, 9.17) is 9.72 Å². The zero-order valence-electron chi connectivity index (χ0n) is 17.4. The van der Waals surface area contributed by atoms with Crippen LogP contribution in [0.5, 0.6) is 0 Å². The second-order valence-corrected chi connectivity index (χ2v) is 7.95. The van der Waals surface area contributed by atoms with Crippen molar-refractivity contribution in [3.05, 3.63) is 82.7 Å². The summed E-state index contributed by atoms with van der Waals surface area (Å²) in [6.07, 6.45) is 4.48. The van der Waals surface area contributed by atoms with Crippen molar-refractivity contribution in [2.45, 2.75) is 6.42 Å². The second-order valence-electron chi connectivity index (χ2n) is 7.95. The van der Waals surface area contributed by atoms with Gasteiger partial charge in [0.05, 0.1) is 35.6 Å². The number of nitrogens with zero attached hydrogens (tertiary/aromatic N) is 4. The third-order valence-electron chi connectivity index (χ3n) is 5.91. The highest BCUT2D eigenvalue weighted by molar-refractivity contribution is 5.83. The highest BCUT2D eigenvalue weighted by Gasteiger charge is 2.22.